The molecule has 2 amide bonds. The number of hydrogen-bond donors (Lipinski definition) is 2. The number of fused-ring (bicyclic) bond motifs is 1. The molecule has 1 fully saturated rings. The molecule has 1 saturated heterocycles. The molecular weight excluding hydrogens is 432 g/mol. The maximum Gasteiger partial charge on any atom is 0.251 e. The molecule has 3 heterocycles. The van der Waals surface area contributed by atoms with Crippen LogP contribution in [0, 0.1) is 12.8 Å². The lowest BCUT2D eigenvalue weighted by atomic mass is 9.95. The van der Waals surface area contributed by atoms with E-state index in [1.807, 2.05) is 30.8 Å². The number of nitrogens with zero attached hydrogens (tertiary/aromatic N) is 4. The van der Waals surface area contributed by atoms with Crippen molar-refractivity contribution in [2.24, 2.45) is 18.0 Å². The summed E-state index contributed by atoms with van der Waals surface area (Å²) in [4.78, 5) is 37.1. The van der Waals surface area contributed by atoms with Crippen molar-refractivity contribution in [3.63, 3.8) is 0 Å². The van der Waals surface area contributed by atoms with Gasteiger partial charge in [-0.3, -0.25) is 14.3 Å². The number of nitrogens with one attached hydrogen (secondary N) is 2. The highest BCUT2D eigenvalue weighted by Crippen LogP contribution is 2.27. The van der Waals surface area contributed by atoms with Crippen LogP contribution in [0.3, 0.4) is 0 Å². The van der Waals surface area contributed by atoms with E-state index in [9.17, 15) is 9.59 Å². The lowest BCUT2D eigenvalue weighted by Crippen LogP contribution is -2.45. The highest BCUT2D eigenvalue weighted by atomic mass is 16.7. The number of carbonyl (C=O) groups is 2. The summed E-state index contributed by atoms with van der Waals surface area (Å²) >= 11 is 0. The number of aryl methyl sites for hydroxylation is 2. The highest BCUT2D eigenvalue weighted by Gasteiger charge is 2.32. The van der Waals surface area contributed by atoms with Gasteiger partial charge in [-0.2, -0.15) is 5.10 Å². The van der Waals surface area contributed by atoms with Gasteiger partial charge in [0.2, 0.25) is 5.91 Å². The third kappa shape index (κ3) is 4.38. The number of hydroxylamine groups is 1. The number of piperidine rings is 1. The van der Waals surface area contributed by atoms with E-state index in [2.05, 4.69) is 28.0 Å². The van der Waals surface area contributed by atoms with Crippen LogP contribution in [0.5, 0.6) is 0 Å². The number of rotatable bonds is 5. The van der Waals surface area contributed by atoms with Crippen molar-refractivity contribution in [3.05, 3.63) is 65.4 Å². The Morgan fingerprint density at radius 1 is 1.15 bits per heavy atom. The number of hydrogen-bond acceptors (Lipinski definition) is 6. The zero-order valence-corrected chi connectivity index (χ0v) is 19.3. The average Bonchev–Trinajstić information content (AvgIpc) is 3.47. The number of amidine groups is 1. The van der Waals surface area contributed by atoms with Gasteiger partial charge in [-0.05, 0) is 38.0 Å². The van der Waals surface area contributed by atoms with Gasteiger partial charge < -0.3 is 10.2 Å². The molecule has 0 radical (unpaired) electrons. The van der Waals surface area contributed by atoms with E-state index in [1.54, 1.807) is 29.2 Å². The number of carbonyl (C=O) groups excluding carboxylic acids is 2. The van der Waals surface area contributed by atoms with Crippen LogP contribution < -0.4 is 10.8 Å². The van der Waals surface area contributed by atoms with Gasteiger partial charge in [0.25, 0.3) is 5.91 Å². The second-order valence-electron chi connectivity index (χ2n) is 8.80. The first-order chi connectivity index (χ1) is 16.5. The summed E-state index contributed by atoms with van der Waals surface area (Å²) in [7, 11) is 1.93. The quantitative estimate of drug-likeness (QED) is 0.608. The van der Waals surface area contributed by atoms with Crippen LogP contribution in [0.2, 0.25) is 0 Å². The van der Waals surface area contributed by atoms with E-state index in [-0.39, 0.29) is 30.5 Å². The molecule has 2 aliphatic heterocycles. The van der Waals surface area contributed by atoms with Crippen LogP contribution in [0.1, 0.15) is 34.5 Å². The van der Waals surface area contributed by atoms with Crippen LogP contribution in [0.15, 0.2) is 53.5 Å². The van der Waals surface area contributed by atoms with Crippen molar-refractivity contribution in [1.29, 1.82) is 0 Å². The average molecular weight is 461 g/mol. The summed E-state index contributed by atoms with van der Waals surface area (Å²) in [6.45, 7) is 3.24. The minimum Gasteiger partial charge on any atom is -0.343 e. The summed E-state index contributed by atoms with van der Waals surface area (Å²) in [6, 6.07) is 15.1. The van der Waals surface area contributed by atoms with Crippen molar-refractivity contribution in [3.8, 4) is 0 Å². The van der Waals surface area contributed by atoms with Gasteiger partial charge in [0.15, 0.2) is 12.1 Å². The van der Waals surface area contributed by atoms with E-state index in [0.717, 1.165) is 35.0 Å². The maximum absolute atomic E-state index is 12.6. The molecule has 0 bridgehead atoms. The number of benzene rings is 2. The number of likely N-dealkylation sites (tertiary alicyclic amines) is 1. The molecule has 0 aliphatic carbocycles. The Hall–Kier alpha value is -3.72. The summed E-state index contributed by atoms with van der Waals surface area (Å²) in [5, 5.41) is 8.31. The summed E-state index contributed by atoms with van der Waals surface area (Å²) < 4.78 is 1.87. The molecule has 2 aromatic carbocycles. The topological polar surface area (TPSA) is 101 Å². The summed E-state index contributed by atoms with van der Waals surface area (Å²) in [5.41, 5.74) is 6.54. The Balaban J connectivity index is 1.15. The summed E-state index contributed by atoms with van der Waals surface area (Å²) in [6.07, 6.45) is 1.30. The number of aromatic nitrogens is 2. The normalized spacial score (nSPS) is 18.6. The van der Waals surface area contributed by atoms with Crippen LogP contribution in [-0.2, 0) is 16.7 Å². The monoisotopic (exact) mass is 460 g/mol. The lowest BCUT2D eigenvalue weighted by molar-refractivity contribution is -0.132. The molecule has 9 nitrogen and oxygen atoms in total. The molecule has 34 heavy (non-hydrogen) atoms. The highest BCUT2D eigenvalue weighted by molar-refractivity contribution is 6.02. The molecule has 1 unspecified atom stereocenters. The smallest absolute Gasteiger partial charge is 0.251 e. The van der Waals surface area contributed by atoms with Crippen molar-refractivity contribution in [2.45, 2.75) is 26.0 Å². The van der Waals surface area contributed by atoms with E-state index < -0.39 is 0 Å². The van der Waals surface area contributed by atoms with Gasteiger partial charge in [0, 0.05) is 42.6 Å². The molecule has 2 aliphatic rings. The molecule has 9 heteroatoms. The van der Waals surface area contributed by atoms with Crippen LogP contribution in [-0.4, -0.2) is 58.2 Å². The van der Waals surface area contributed by atoms with Gasteiger partial charge in [0.05, 0.1) is 17.8 Å². The SMILES string of the molecule is Cc1nn(C)c2cc(C3=NC(C4CCN(C(=O)CNC(=O)c5ccccc5)CC4)ON3)ccc12. The molecule has 1 aromatic heterocycles. The van der Waals surface area contributed by atoms with Gasteiger partial charge in [-0.15, -0.1) is 0 Å². The van der Waals surface area contributed by atoms with E-state index in [4.69, 9.17) is 9.83 Å². The fraction of sp³-hybridized carbons (Fsp3) is 0.360. The van der Waals surface area contributed by atoms with Gasteiger partial charge >= 0.3 is 0 Å². The van der Waals surface area contributed by atoms with Crippen molar-refractivity contribution < 1.29 is 14.4 Å². The first-order valence-corrected chi connectivity index (χ1v) is 11.5. The number of aliphatic imine (C=N–C) groups is 1. The van der Waals surface area contributed by atoms with Crippen molar-refractivity contribution in [2.75, 3.05) is 19.6 Å². The molecule has 0 spiro atoms. The lowest BCUT2D eigenvalue weighted by Gasteiger charge is -2.33. The Labute approximate surface area is 197 Å². The van der Waals surface area contributed by atoms with Gasteiger partial charge in [-0.25, -0.2) is 15.3 Å². The van der Waals surface area contributed by atoms with E-state index in [0.29, 0.717) is 24.5 Å². The fourth-order valence-electron chi connectivity index (χ4n) is 4.61. The zero-order valence-electron chi connectivity index (χ0n) is 19.3. The Morgan fingerprint density at radius 2 is 1.91 bits per heavy atom. The van der Waals surface area contributed by atoms with Crippen LogP contribution >= 0.6 is 0 Å². The molecule has 3 aromatic rings. The second-order valence-corrected chi connectivity index (χ2v) is 8.80. The Bertz CT molecular complexity index is 1240. The predicted octanol–water partition coefficient (Wildman–Crippen LogP) is 2.16. The van der Waals surface area contributed by atoms with E-state index >= 15 is 0 Å². The van der Waals surface area contributed by atoms with Gasteiger partial charge in [0.1, 0.15) is 0 Å². The standard InChI is InChI=1S/C25H28N6O3/c1-16-20-9-8-19(14-21(20)30(2)28-16)23-27-25(34-29-23)18-10-12-31(13-11-18)22(32)15-26-24(33)17-6-4-3-5-7-17/h3-9,14,18,25H,10-13,15H2,1-2H3,(H,26,33)(H,27,29). The van der Waals surface area contributed by atoms with Crippen molar-refractivity contribution in [1.82, 2.24) is 25.5 Å². The van der Waals surface area contributed by atoms with Crippen molar-refractivity contribution >= 4 is 28.6 Å². The zero-order chi connectivity index (χ0) is 23.7. The Morgan fingerprint density at radius 3 is 2.68 bits per heavy atom. The number of amides is 2. The third-order valence-corrected chi connectivity index (χ3v) is 6.57. The molecule has 0 saturated carbocycles. The summed E-state index contributed by atoms with van der Waals surface area (Å²) in [5.74, 6) is 0.622. The molecule has 2 N–H and O–H groups in total. The first kappa shape index (κ1) is 22.1. The first-order valence-electron chi connectivity index (χ1n) is 11.5. The van der Waals surface area contributed by atoms with Gasteiger partial charge in [-0.1, -0.05) is 30.3 Å². The van der Waals surface area contributed by atoms with Crippen LogP contribution in [0.25, 0.3) is 10.9 Å². The largest absolute Gasteiger partial charge is 0.343 e. The van der Waals surface area contributed by atoms with E-state index in [1.165, 1.54) is 0 Å². The molecular formula is C25H28N6O3. The minimum absolute atomic E-state index is 0.00184. The predicted molar refractivity (Wildman–Crippen MR) is 128 cm³/mol. The maximum atomic E-state index is 12.6. The molecule has 5 rings (SSSR count). The second kappa shape index (κ2) is 9.26. The van der Waals surface area contributed by atoms with Crippen LogP contribution in [0.4, 0.5) is 0 Å². The Kier molecular flexibility index (Phi) is 6.02. The minimum atomic E-state index is -0.283. The molecule has 176 valence electrons. The molecule has 1 atom stereocenters. The third-order valence-electron chi connectivity index (χ3n) is 6.57. The fourth-order valence-corrected chi connectivity index (χ4v) is 4.61.